The molecule has 1 aromatic carbocycles. The van der Waals surface area contributed by atoms with E-state index in [1.165, 1.54) is 17.1 Å². The largest absolute Gasteiger partial charge is 0.332 e. The predicted molar refractivity (Wildman–Crippen MR) is 91.0 cm³/mol. The van der Waals surface area contributed by atoms with Gasteiger partial charge >= 0.3 is 6.03 Å². The van der Waals surface area contributed by atoms with Gasteiger partial charge in [-0.05, 0) is 11.6 Å². The van der Waals surface area contributed by atoms with E-state index in [0.29, 0.717) is 0 Å². The molecule has 2 amide bonds. The van der Waals surface area contributed by atoms with E-state index in [1.807, 2.05) is 30.0 Å². The molecule has 0 spiro atoms. The maximum atomic E-state index is 12.1. The normalized spacial score (nSPS) is 20.0. The highest BCUT2D eigenvalue weighted by Crippen LogP contribution is 2.19. The number of benzene rings is 1. The first-order valence-electron chi connectivity index (χ1n) is 7.72. The van der Waals surface area contributed by atoms with Crippen molar-refractivity contribution in [3.8, 4) is 0 Å². The third kappa shape index (κ3) is 4.36. The fourth-order valence-electron chi connectivity index (χ4n) is 2.69. The lowest BCUT2D eigenvalue weighted by molar-refractivity contribution is 0.249. The van der Waals surface area contributed by atoms with Crippen LogP contribution in [0.15, 0.2) is 24.3 Å². The quantitative estimate of drug-likeness (QED) is 0.661. The van der Waals surface area contributed by atoms with Crippen LogP contribution in [0.5, 0.6) is 0 Å². The first-order chi connectivity index (χ1) is 10.8. The predicted octanol–water partition coefficient (Wildman–Crippen LogP) is 0.833. The lowest BCUT2D eigenvalue weighted by Crippen LogP contribution is -2.41. The summed E-state index contributed by atoms with van der Waals surface area (Å²) in [7, 11) is 0. The molecule has 2 saturated heterocycles. The van der Waals surface area contributed by atoms with Gasteiger partial charge in [0.1, 0.15) is 0 Å². The molecule has 2 heterocycles. The van der Waals surface area contributed by atoms with Gasteiger partial charge in [-0.1, -0.05) is 18.2 Å². The number of amides is 2. The van der Waals surface area contributed by atoms with Gasteiger partial charge in [0.25, 0.3) is 0 Å². The summed E-state index contributed by atoms with van der Waals surface area (Å²) in [5, 5.41) is 5.96. The van der Waals surface area contributed by atoms with Gasteiger partial charge in [-0.25, -0.2) is 4.79 Å². The van der Waals surface area contributed by atoms with Crippen LogP contribution in [-0.2, 0) is 6.54 Å². The van der Waals surface area contributed by atoms with Crippen molar-refractivity contribution in [2.75, 3.05) is 43.0 Å². The molecule has 0 aliphatic carbocycles. The van der Waals surface area contributed by atoms with E-state index in [4.69, 9.17) is 0 Å². The third-order valence-corrected chi connectivity index (χ3v) is 4.86. The van der Waals surface area contributed by atoms with Crippen molar-refractivity contribution < 1.29 is 4.79 Å². The second-order valence-corrected chi connectivity index (χ2v) is 6.83. The number of nitrogens with one attached hydrogen (secondary N) is 4. The Labute approximate surface area is 135 Å². The molecule has 1 aromatic rings. The van der Waals surface area contributed by atoms with E-state index in [2.05, 4.69) is 32.5 Å². The van der Waals surface area contributed by atoms with Crippen molar-refractivity contribution in [2.24, 2.45) is 0 Å². The molecule has 0 bridgehead atoms. The number of carbonyl (C=O) groups excluding carboxylic acids is 1. The maximum absolute atomic E-state index is 12.1. The Morgan fingerprint density at radius 3 is 2.73 bits per heavy atom. The summed E-state index contributed by atoms with van der Waals surface area (Å²) in [5.74, 6) is 2.38. The van der Waals surface area contributed by atoms with Gasteiger partial charge in [0, 0.05) is 49.9 Å². The first-order valence-corrected chi connectivity index (χ1v) is 8.88. The summed E-state index contributed by atoms with van der Waals surface area (Å²) in [6, 6.07) is 8.05. The van der Waals surface area contributed by atoms with Crippen molar-refractivity contribution in [1.82, 2.24) is 21.1 Å². The van der Waals surface area contributed by atoms with Crippen molar-refractivity contribution in [3.05, 3.63) is 29.8 Å². The second-order valence-electron chi connectivity index (χ2n) is 5.60. The molecular formula is C15H23N5OS. The fourth-order valence-corrected chi connectivity index (χ4v) is 3.67. The van der Waals surface area contributed by atoms with E-state index in [0.717, 1.165) is 38.4 Å². The molecule has 2 aliphatic heterocycles. The molecule has 0 saturated carbocycles. The van der Waals surface area contributed by atoms with Gasteiger partial charge < -0.3 is 10.6 Å². The number of rotatable bonds is 4. The van der Waals surface area contributed by atoms with E-state index < -0.39 is 0 Å². The molecule has 2 fully saturated rings. The SMILES string of the molecule is O=C(Nc1ccccc1CN1CCSCC1)NC1CNNC1. The minimum atomic E-state index is -0.142. The average Bonchev–Trinajstić information content (AvgIpc) is 3.03. The Kier molecular flexibility index (Phi) is 5.55. The van der Waals surface area contributed by atoms with Crippen molar-refractivity contribution >= 4 is 23.5 Å². The zero-order chi connectivity index (χ0) is 15.2. The van der Waals surface area contributed by atoms with Gasteiger partial charge in [0.05, 0.1) is 6.04 Å². The van der Waals surface area contributed by atoms with Crippen LogP contribution < -0.4 is 21.5 Å². The summed E-state index contributed by atoms with van der Waals surface area (Å²) in [6.07, 6.45) is 0. The Bertz CT molecular complexity index is 500. The molecule has 4 N–H and O–H groups in total. The fraction of sp³-hybridized carbons (Fsp3) is 0.533. The van der Waals surface area contributed by atoms with Crippen molar-refractivity contribution in [2.45, 2.75) is 12.6 Å². The Balaban J connectivity index is 1.58. The van der Waals surface area contributed by atoms with Crippen LogP contribution in [0.4, 0.5) is 10.5 Å². The number of carbonyl (C=O) groups is 1. The van der Waals surface area contributed by atoms with Crippen LogP contribution in [0.3, 0.4) is 0 Å². The highest BCUT2D eigenvalue weighted by molar-refractivity contribution is 7.99. The minimum absolute atomic E-state index is 0.131. The molecule has 6 nitrogen and oxygen atoms in total. The second kappa shape index (κ2) is 7.82. The van der Waals surface area contributed by atoms with Crippen LogP contribution in [0.1, 0.15) is 5.56 Å². The van der Waals surface area contributed by atoms with Gasteiger partial charge in [-0.2, -0.15) is 11.8 Å². The molecule has 22 heavy (non-hydrogen) atoms. The lowest BCUT2D eigenvalue weighted by Gasteiger charge is -2.27. The Morgan fingerprint density at radius 2 is 1.95 bits per heavy atom. The third-order valence-electron chi connectivity index (χ3n) is 3.92. The summed E-state index contributed by atoms with van der Waals surface area (Å²) in [5.41, 5.74) is 8.09. The summed E-state index contributed by atoms with van der Waals surface area (Å²) < 4.78 is 0. The van der Waals surface area contributed by atoms with Crippen LogP contribution >= 0.6 is 11.8 Å². The number of hydrogen-bond acceptors (Lipinski definition) is 5. The number of para-hydroxylation sites is 1. The number of urea groups is 1. The molecule has 7 heteroatoms. The van der Waals surface area contributed by atoms with E-state index in [9.17, 15) is 4.79 Å². The molecule has 120 valence electrons. The highest BCUT2D eigenvalue weighted by atomic mass is 32.2. The van der Waals surface area contributed by atoms with Crippen LogP contribution in [0.25, 0.3) is 0 Å². The van der Waals surface area contributed by atoms with Crippen LogP contribution in [0, 0.1) is 0 Å². The lowest BCUT2D eigenvalue weighted by atomic mass is 10.1. The van der Waals surface area contributed by atoms with Crippen LogP contribution in [0.2, 0.25) is 0 Å². The average molecular weight is 321 g/mol. The maximum Gasteiger partial charge on any atom is 0.319 e. The molecule has 0 atom stereocenters. The Morgan fingerprint density at radius 1 is 1.23 bits per heavy atom. The number of thioether (sulfide) groups is 1. The van der Waals surface area contributed by atoms with Crippen LogP contribution in [-0.4, -0.2) is 54.7 Å². The first kappa shape index (κ1) is 15.6. The Hall–Kier alpha value is -1.28. The van der Waals surface area contributed by atoms with E-state index in [-0.39, 0.29) is 12.1 Å². The number of nitrogens with zero attached hydrogens (tertiary/aromatic N) is 1. The van der Waals surface area contributed by atoms with E-state index in [1.54, 1.807) is 0 Å². The van der Waals surface area contributed by atoms with E-state index >= 15 is 0 Å². The molecule has 0 radical (unpaired) electrons. The smallest absolute Gasteiger partial charge is 0.319 e. The number of hydrazine groups is 1. The highest BCUT2D eigenvalue weighted by Gasteiger charge is 2.17. The summed E-state index contributed by atoms with van der Waals surface area (Å²) in [4.78, 5) is 14.6. The zero-order valence-electron chi connectivity index (χ0n) is 12.6. The van der Waals surface area contributed by atoms with Crippen molar-refractivity contribution in [1.29, 1.82) is 0 Å². The molecule has 0 unspecified atom stereocenters. The number of anilines is 1. The molecule has 0 aromatic heterocycles. The molecule has 2 aliphatic rings. The monoisotopic (exact) mass is 321 g/mol. The van der Waals surface area contributed by atoms with Crippen molar-refractivity contribution in [3.63, 3.8) is 0 Å². The van der Waals surface area contributed by atoms with Gasteiger partial charge in [0.15, 0.2) is 0 Å². The minimum Gasteiger partial charge on any atom is -0.332 e. The summed E-state index contributed by atoms with van der Waals surface area (Å²) in [6.45, 7) is 4.62. The zero-order valence-corrected chi connectivity index (χ0v) is 13.4. The topological polar surface area (TPSA) is 68.4 Å². The van der Waals surface area contributed by atoms with Gasteiger partial charge in [-0.15, -0.1) is 0 Å². The number of hydrogen-bond donors (Lipinski definition) is 4. The molecular weight excluding hydrogens is 298 g/mol. The van der Waals surface area contributed by atoms with Gasteiger partial charge in [-0.3, -0.25) is 15.8 Å². The molecule has 3 rings (SSSR count). The van der Waals surface area contributed by atoms with Gasteiger partial charge in [0.2, 0.25) is 0 Å². The summed E-state index contributed by atoms with van der Waals surface area (Å²) >= 11 is 2.01. The standard InChI is InChI=1S/C15H23N5OS/c21-15(18-13-9-16-17-10-13)19-14-4-2-1-3-12(14)11-20-5-7-22-8-6-20/h1-4,13,16-17H,5-11H2,(H2,18,19,21).